The summed E-state index contributed by atoms with van der Waals surface area (Å²) in [6.45, 7) is 2.34. The van der Waals surface area contributed by atoms with Gasteiger partial charge >= 0.3 is 11.8 Å². The molecule has 0 aliphatic carbocycles. The van der Waals surface area contributed by atoms with Gasteiger partial charge in [0.2, 0.25) is 0 Å². The molecule has 1 aromatic carbocycles. The fraction of sp³-hybridized carbons (Fsp3) is 0.429. The Kier molecular flexibility index (Phi) is 3.82. The molecule has 5 nitrogen and oxygen atoms in total. The van der Waals surface area contributed by atoms with Crippen molar-refractivity contribution in [3.05, 3.63) is 34.6 Å². The molecule has 0 saturated carbocycles. The number of hydrogen-bond donors (Lipinski definition) is 1. The maximum Gasteiger partial charge on any atom is 0.312 e. The highest BCUT2D eigenvalue weighted by Gasteiger charge is 2.40. The molecule has 2 aliphatic rings. The smallest absolute Gasteiger partial charge is 0.312 e. The molecule has 2 amide bonds. The van der Waals surface area contributed by atoms with Crippen molar-refractivity contribution in [2.24, 2.45) is 0 Å². The van der Waals surface area contributed by atoms with Crippen LogP contribution in [0.3, 0.4) is 0 Å². The molecular formula is C14H15ClFN3O2. The zero-order chi connectivity index (χ0) is 15.0. The molecule has 112 valence electrons. The van der Waals surface area contributed by atoms with Crippen molar-refractivity contribution in [1.29, 1.82) is 0 Å². The van der Waals surface area contributed by atoms with Crippen LogP contribution in [0.15, 0.2) is 18.2 Å². The van der Waals surface area contributed by atoms with Crippen LogP contribution >= 0.6 is 11.6 Å². The van der Waals surface area contributed by atoms with Gasteiger partial charge in [0.15, 0.2) is 0 Å². The van der Waals surface area contributed by atoms with Crippen molar-refractivity contribution in [2.45, 2.75) is 12.6 Å². The fourth-order valence-electron chi connectivity index (χ4n) is 2.80. The van der Waals surface area contributed by atoms with Crippen LogP contribution in [-0.4, -0.2) is 53.8 Å². The highest BCUT2D eigenvalue weighted by Crippen LogP contribution is 2.21. The van der Waals surface area contributed by atoms with Crippen LogP contribution in [0.5, 0.6) is 0 Å². The molecule has 2 aliphatic heterocycles. The van der Waals surface area contributed by atoms with Crippen LogP contribution in [0.2, 0.25) is 5.02 Å². The number of nitrogens with one attached hydrogen (secondary N) is 1. The quantitative estimate of drug-likeness (QED) is 0.815. The van der Waals surface area contributed by atoms with E-state index in [1.54, 1.807) is 17.0 Å². The van der Waals surface area contributed by atoms with E-state index < -0.39 is 17.6 Å². The lowest BCUT2D eigenvalue weighted by atomic mass is 10.1. The van der Waals surface area contributed by atoms with Crippen LogP contribution < -0.4 is 5.32 Å². The Bertz CT molecular complexity index is 596. The van der Waals surface area contributed by atoms with Crippen molar-refractivity contribution in [2.75, 3.05) is 26.2 Å². The summed E-state index contributed by atoms with van der Waals surface area (Å²) >= 11 is 5.74. The van der Waals surface area contributed by atoms with Crippen molar-refractivity contribution in [1.82, 2.24) is 15.1 Å². The van der Waals surface area contributed by atoms with Crippen molar-refractivity contribution < 1.29 is 14.0 Å². The maximum absolute atomic E-state index is 13.9. The first-order valence-electron chi connectivity index (χ1n) is 6.81. The van der Waals surface area contributed by atoms with Gasteiger partial charge in [-0.25, -0.2) is 4.39 Å². The molecule has 0 aromatic heterocycles. The normalized spacial score (nSPS) is 22.5. The maximum atomic E-state index is 13.9. The summed E-state index contributed by atoms with van der Waals surface area (Å²) < 4.78 is 13.9. The van der Waals surface area contributed by atoms with Gasteiger partial charge in [-0.1, -0.05) is 23.7 Å². The van der Waals surface area contributed by atoms with Gasteiger partial charge < -0.3 is 15.1 Å². The highest BCUT2D eigenvalue weighted by atomic mass is 35.5. The van der Waals surface area contributed by atoms with Gasteiger partial charge in [0, 0.05) is 38.3 Å². The van der Waals surface area contributed by atoms with Gasteiger partial charge in [-0.3, -0.25) is 9.59 Å². The molecule has 1 atom stereocenters. The molecule has 2 fully saturated rings. The van der Waals surface area contributed by atoms with E-state index in [1.807, 2.05) is 0 Å². The molecule has 1 N–H and O–H groups in total. The Morgan fingerprint density at radius 3 is 2.95 bits per heavy atom. The second kappa shape index (κ2) is 5.61. The Balaban J connectivity index is 1.80. The van der Waals surface area contributed by atoms with Gasteiger partial charge in [-0.2, -0.15) is 0 Å². The highest BCUT2D eigenvalue weighted by molar-refractivity contribution is 6.35. The molecule has 3 rings (SSSR count). The number of hydrogen-bond acceptors (Lipinski definition) is 3. The van der Waals surface area contributed by atoms with E-state index in [4.69, 9.17) is 11.6 Å². The number of benzene rings is 1. The third kappa shape index (κ3) is 2.61. The number of nitrogens with zero attached hydrogens (tertiary/aromatic N) is 2. The molecule has 2 heterocycles. The molecule has 1 aromatic rings. The Hall–Kier alpha value is -1.66. The van der Waals surface area contributed by atoms with E-state index in [2.05, 4.69) is 5.32 Å². The molecular weight excluding hydrogens is 297 g/mol. The van der Waals surface area contributed by atoms with E-state index >= 15 is 0 Å². The summed E-state index contributed by atoms with van der Waals surface area (Å²) in [6, 6.07) is 4.61. The second-order valence-corrected chi connectivity index (χ2v) is 5.66. The predicted octanol–water partition coefficient (Wildman–Crippen LogP) is 0.622. The number of carbonyl (C=O) groups excluding carboxylic acids is 2. The van der Waals surface area contributed by atoms with Crippen LogP contribution in [0.4, 0.5) is 4.39 Å². The first-order valence-corrected chi connectivity index (χ1v) is 7.19. The van der Waals surface area contributed by atoms with Crippen LogP contribution in [0.25, 0.3) is 0 Å². The molecule has 2 saturated heterocycles. The lowest BCUT2D eigenvalue weighted by Crippen LogP contribution is -2.65. The number of halogens is 2. The van der Waals surface area contributed by atoms with Gasteiger partial charge in [-0.05, 0) is 6.07 Å². The SMILES string of the molecule is O=C1C(=O)N2CCNCC2CN1Cc1cccc(Cl)c1F. The minimum atomic E-state index is -0.576. The lowest BCUT2D eigenvalue weighted by Gasteiger charge is -2.43. The summed E-state index contributed by atoms with van der Waals surface area (Å²) in [5, 5.41) is 3.22. The number of fused-ring (bicyclic) bond motifs is 1. The molecule has 0 bridgehead atoms. The van der Waals surface area contributed by atoms with Crippen molar-refractivity contribution in [3.63, 3.8) is 0 Å². The summed E-state index contributed by atoms with van der Waals surface area (Å²) in [5.74, 6) is -1.62. The first-order chi connectivity index (χ1) is 10.1. The van der Waals surface area contributed by atoms with Gasteiger partial charge in [0.25, 0.3) is 0 Å². The summed E-state index contributed by atoms with van der Waals surface area (Å²) in [6.07, 6.45) is 0. The molecule has 1 unspecified atom stereocenters. The number of carbonyl (C=O) groups is 2. The zero-order valence-electron chi connectivity index (χ0n) is 11.3. The number of rotatable bonds is 2. The van der Waals surface area contributed by atoms with Crippen LogP contribution in [-0.2, 0) is 16.1 Å². The minimum Gasteiger partial charge on any atom is -0.328 e. The minimum absolute atomic E-state index is 0.0178. The van der Waals surface area contributed by atoms with Crippen LogP contribution in [0, 0.1) is 5.82 Å². The molecule has 0 radical (unpaired) electrons. The average molecular weight is 312 g/mol. The standard InChI is InChI=1S/C14H15ClFN3O2/c15-11-3-1-2-9(12(11)16)7-18-8-10-6-17-4-5-19(10)14(21)13(18)20/h1-3,10,17H,4-8H2. The molecule has 7 heteroatoms. The van der Waals surface area contributed by atoms with Gasteiger partial charge in [0.05, 0.1) is 11.1 Å². The fourth-order valence-corrected chi connectivity index (χ4v) is 2.99. The monoisotopic (exact) mass is 311 g/mol. The van der Waals surface area contributed by atoms with E-state index in [0.717, 1.165) is 0 Å². The number of amides is 2. The largest absolute Gasteiger partial charge is 0.328 e. The number of piperazine rings is 2. The van der Waals surface area contributed by atoms with E-state index in [1.165, 1.54) is 11.0 Å². The Labute approximate surface area is 126 Å². The summed E-state index contributed by atoms with van der Waals surface area (Å²) in [7, 11) is 0. The summed E-state index contributed by atoms with van der Waals surface area (Å²) in [5.41, 5.74) is 0.320. The molecule has 21 heavy (non-hydrogen) atoms. The first kappa shape index (κ1) is 14.3. The van der Waals surface area contributed by atoms with E-state index in [-0.39, 0.29) is 17.6 Å². The Morgan fingerprint density at radius 1 is 1.33 bits per heavy atom. The van der Waals surface area contributed by atoms with E-state index in [9.17, 15) is 14.0 Å². The van der Waals surface area contributed by atoms with E-state index in [0.29, 0.717) is 31.7 Å². The third-order valence-electron chi connectivity index (χ3n) is 3.91. The Morgan fingerprint density at radius 2 is 2.14 bits per heavy atom. The summed E-state index contributed by atoms with van der Waals surface area (Å²) in [4.78, 5) is 27.2. The average Bonchev–Trinajstić information content (AvgIpc) is 2.49. The lowest BCUT2D eigenvalue weighted by molar-refractivity contribution is -0.160. The topological polar surface area (TPSA) is 52.7 Å². The predicted molar refractivity (Wildman–Crippen MR) is 75.2 cm³/mol. The van der Waals surface area contributed by atoms with Crippen molar-refractivity contribution >= 4 is 23.4 Å². The van der Waals surface area contributed by atoms with Crippen molar-refractivity contribution in [3.8, 4) is 0 Å². The second-order valence-electron chi connectivity index (χ2n) is 5.26. The third-order valence-corrected chi connectivity index (χ3v) is 4.20. The van der Waals surface area contributed by atoms with Gasteiger partial charge in [-0.15, -0.1) is 0 Å². The van der Waals surface area contributed by atoms with Gasteiger partial charge in [0.1, 0.15) is 5.82 Å². The zero-order valence-corrected chi connectivity index (χ0v) is 12.1. The molecule has 0 spiro atoms. The van der Waals surface area contributed by atoms with Crippen LogP contribution in [0.1, 0.15) is 5.56 Å².